The first-order valence-electron chi connectivity index (χ1n) is 6.44. The average Bonchev–Trinajstić information content (AvgIpc) is 2.61. The van der Waals surface area contributed by atoms with Crippen LogP contribution in [0.1, 0.15) is 31.2 Å². The van der Waals surface area contributed by atoms with Gasteiger partial charge in [-0.3, -0.25) is 0 Å². The molecule has 0 radical (unpaired) electrons. The van der Waals surface area contributed by atoms with Crippen molar-refractivity contribution in [2.24, 2.45) is 0 Å². The van der Waals surface area contributed by atoms with Crippen molar-refractivity contribution in [2.75, 3.05) is 0 Å². The van der Waals surface area contributed by atoms with Crippen LogP contribution in [0.4, 0.5) is 0 Å². The summed E-state index contributed by atoms with van der Waals surface area (Å²) >= 11 is 14.0. The Bertz CT molecular complexity index is 579. The van der Waals surface area contributed by atoms with Crippen molar-refractivity contribution in [3.05, 3.63) is 62.5 Å². The molecule has 0 saturated heterocycles. The van der Waals surface area contributed by atoms with Gasteiger partial charge in [-0.2, -0.15) is 0 Å². The van der Waals surface area contributed by atoms with E-state index in [1.807, 2.05) is 23.9 Å². The number of hydrogen-bond donors (Lipinski definition) is 0. The SMILES string of the molecule is ClC1=CC2=C(CCC=C(c3ccc(Cl)cc3)S2)CC1. The highest BCUT2D eigenvalue weighted by molar-refractivity contribution is 8.12. The zero-order valence-electron chi connectivity index (χ0n) is 10.5. The van der Waals surface area contributed by atoms with Crippen molar-refractivity contribution < 1.29 is 0 Å². The van der Waals surface area contributed by atoms with Crippen molar-refractivity contribution in [3.63, 3.8) is 0 Å². The summed E-state index contributed by atoms with van der Waals surface area (Å²) in [6.07, 6.45) is 8.83. The maximum Gasteiger partial charge on any atom is 0.0406 e. The molecule has 1 heterocycles. The predicted octanol–water partition coefficient (Wildman–Crippen LogP) is 6.38. The van der Waals surface area contributed by atoms with Gasteiger partial charge in [-0.1, -0.05) is 58.7 Å². The van der Waals surface area contributed by atoms with Crippen molar-refractivity contribution in [1.29, 1.82) is 0 Å². The average molecular weight is 309 g/mol. The van der Waals surface area contributed by atoms with Crippen LogP contribution >= 0.6 is 35.0 Å². The summed E-state index contributed by atoms with van der Waals surface area (Å²) < 4.78 is 0. The predicted molar refractivity (Wildman–Crippen MR) is 86.5 cm³/mol. The van der Waals surface area contributed by atoms with Crippen LogP contribution < -0.4 is 0 Å². The molecule has 0 atom stereocenters. The van der Waals surface area contributed by atoms with Crippen molar-refractivity contribution in [3.8, 4) is 0 Å². The molecule has 0 aromatic heterocycles. The van der Waals surface area contributed by atoms with Crippen molar-refractivity contribution >= 4 is 39.9 Å². The summed E-state index contributed by atoms with van der Waals surface area (Å²) in [5.41, 5.74) is 2.79. The molecule has 3 rings (SSSR count). The van der Waals surface area contributed by atoms with Crippen LogP contribution in [-0.2, 0) is 0 Å². The topological polar surface area (TPSA) is 0 Å². The van der Waals surface area contributed by atoms with E-state index >= 15 is 0 Å². The molecule has 1 aliphatic carbocycles. The fourth-order valence-electron chi connectivity index (χ4n) is 2.39. The minimum absolute atomic E-state index is 0.781. The maximum atomic E-state index is 6.18. The van der Waals surface area contributed by atoms with Crippen LogP contribution in [0.3, 0.4) is 0 Å². The van der Waals surface area contributed by atoms with E-state index in [4.69, 9.17) is 23.2 Å². The van der Waals surface area contributed by atoms with Crippen LogP contribution in [0.15, 0.2) is 51.9 Å². The monoisotopic (exact) mass is 308 g/mol. The van der Waals surface area contributed by atoms with Gasteiger partial charge >= 0.3 is 0 Å². The number of thioether (sulfide) groups is 1. The van der Waals surface area contributed by atoms with Crippen LogP contribution in [-0.4, -0.2) is 0 Å². The van der Waals surface area contributed by atoms with Crippen LogP contribution in [0, 0.1) is 0 Å². The maximum absolute atomic E-state index is 6.18. The summed E-state index contributed by atoms with van der Waals surface area (Å²) in [6.45, 7) is 0. The van der Waals surface area contributed by atoms with E-state index in [2.05, 4.69) is 24.3 Å². The van der Waals surface area contributed by atoms with E-state index in [1.165, 1.54) is 15.4 Å². The lowest BCUT2D eigenvalue weighted by Gasteiger charge is -2.16. The quantitative estimate of drug-likeness (QED) is 0.580. The summed E-state index contributed by atoms with van der Waals surface area (Å²) in [6, 6.07) is 8.06. The van der Waals surface area contributed by atoms with E-state index in [0.29, 0.717) is 0 Å². The Morgan fingerprint density at radius 3 is 2.53 bits per heavy atom. The molecule has 0 saturated carbocycles. The van der Waals surface area contributed by atoms with Gasteiger partial charge in [0.25, 0.3) is 0 Å². The first-order valence-corrected chi connectivity index (χ1v) is 8.01. The number of halogens is 2. The second-order valence-corrected chi connectivity index (χ2v) is 6.78. The number of benzene rings is 1. The molecule has 98 valence electrons. The van der Waals surface area contributed by atoms with Crippen LogP contribution in [0.5, 0.6) is 0 Å². The Kier molecular flexibility index (Phi) is 4.07. The van der Waals surface area contributed by atoms with Gasteiger partial charge in [0, 0.05) is 19.9 Å². The van der Waals surface area contributed by atoms with Gasteiger partial charge in [0.2, 0.25) is 0 Å². The second-order valence-electron chi connectivity index (χ2n) is 4.78. The Labute approximate surface area is 128 Å². The van der Waals surface area contributed by atoms with Gasteiger partial charge in [0.05, 0.1) is 0 Å². The highest BCUT2D eigenvalue weighted by Gasteiger charge is 2.17. The molecule has 0 fully saturated rings. The smallest absolute Gasteiger partial charge is 0.0406 e. The Balaban J connectivity index is 1.90. The molecule has 19 heavy (non-hydrogen) atoms. The van der Waals surface area contributed by atoms with Gasteiger partial charge in [-0.25, -0.2) is 0 Å². The first-order chi connectivity index (χ1) is 9.22. The molecule has 3 heteroatoms. The highest BCUT2D eigenvalue weighted by Crippen LogP contribution is 2.44. The highest BCUT2D eigenvalue weighted by atomic mass is 35.5. The molecular weight excluding hydrogens is 295 g/mol. The van der Waals surface area contributed by atoms with Gasteiger partial charge in [0.1, 0.15) is 0 Å². The van der Waals surface area contributed by atoms with E-state index < -0.39 is 0 Å². The molecule has 2 aliphatic rings. The van der Waals surface area contributed by atoms with Gasteiger partial charge in [-0.15, -0.1) is 0 Å². The molecule has 0 bridgehead atoms. The zero-order valence-corrected chi connectivity index (χ0v) is 12.8. The largest absolute Gasteiger partial charge is 0.0898 e. The van der Waals surface area contributed by atoms with Gasteiger partial charge in [0.15, 0.2) is 0 Å². The lowest BCUT2D eigenvalue weighted by Crippen LogP contribution is -1.93. The minimum Gasteiger partial charge on any atom is -0.0898 e. The fraction of sp³-hybridized carbons (Fsp3) is 0.250. The molecule has 0 spiro atoms. The minimum atomic E-state index is 0.781. The summed E-state index contributed by atoms with van der Waals surface area (Å²) in [7, 11) is 0. The number of rotatable bonds is 1. The Hall–Kier alpha value is -0.630. The molecule has 0 nitrogen and oxygen atoms in total. The van der Waals surface area contributed by atoms with Crippen molar-refractivity contribution in [1.82, 2.24) is 0 Å². The summed E-state index contributed by atoms with van der Waals surface area (Å²) in [5, 5.41) is 1.76. The molecule has 0 amide bonds. The van der Waals surface area contributed by atoms with E-state index in [1.54, 1.807) is 5.57 Å². The summed E-state index contributed by atoms with van der Waals surface area (Å²) in [5.74, 6) is 0. The second kappa shape index (κ2) is 5.78. The summed E-state index contributed by atoms with van der Waals surface area (Å²) in [4.78, 5) is 2.65. The third kappa shape index (κ3) is 3.10. The van der Waals surface area contributed by atoms with E-state index in [9.17, 15) is 0 Å². The number of allylic oxidation sites excluding steroid dienone is 4. The van der Waals surface area contributed by atoms with Gasteiger partial charge < -0.3 is 0 Å². The van der Waals surface area contributed by atoms with E-state index in [0.717, 1.165) is 35.7 Å². The standard InChI is InChI=1S/C16H14Cl2S/c17-13-7-4-12(5-8-13)15-3-1-2-11-6-9-14(18)10-16(11)19-15/h3-5,7-8,10H,1-2,6,9H2. The Morgan fingerprint density at radius 2 is 1.74 bits per heavy atom. The molecule has 1 aliphatic heterocycles. The third-order valence-corrected chi connectivity index (χ3v) is 5.23. The van der Waals surface area contributed by atoms with Crippen LogP contribution in [0.2, 0.25) is 5.02 Å². The normalized spacial score (nSPS) is 19.5. The lowest BCUT2D eigenvalue weighted by molar-refractivity contribution is 0.846. The van der Waals surface area contributed by atoms with E-state index in [-0.39, 0.29) is 0 Å². The van der Waals surface area contributed by atoms with Gasteiger partial charge in [-0.05, 0) is 49.5 Å². The third-order valence-electron chi connectivity index (χ3n) is 3.43. The molecular formula is C16H14Cl2S. The van der Waals surface area contributed by atoms with Crippen molar-refractivity contribution in [2.45, 2.75) is 25.7 Å². The fourth-order valence-corrected chi connectivity index (χ4v) is 4.02. The Morgan fingerprint density at radius 1 is 0.947 bits per heavy atom. The zero-order chi connectivity index (χ0) is 13.2. The molecule has 1 aromatic rings. The lowest BCUT2D eigenvalue weighted by atomic mass is 10.00. The molecule has 1 aromatic carbocycles. The first kappa shape index (κ1) is 13.4. The molecule has 0 N–H and O–H groups in total. The van der Waals surface area contributed by atoms with Crippen LogP contribution in [0.25, 0.3) is 4.91 Å². The number of hydrogen-bond acceptors (Lipinski definition) is 1. The molecule has 0 unspecified atom stereocenters.